The average Bonchev–Trinajstić information content (AvgIpc) is 2.84. The van der Waals surface area contributed by atoms with E-state index in [1.165, 1.54) is 0 Å². The summed E-state index contributed by atoms with van der Waals surface area (Å²) in [7, 11) is 0. The predicted molar refractivity (Wildman–Crippen MR) is 60.6 cm³/mol. The van der Waals surface area contributed by atoms with Crippen LogP contribution in [-0.2, 0) is 0 Å². The number of hydrogen-bond donors (Lipinski definition) is 0. The molecule has 0 spiro atoms. The van der Waals surface area contributed by atoms with Crippen LogP contribution in [-0.4, -0.2) is 14.8 Å². The molecule has 19 heavy (non-hydrogen) atoms. The smallest absolute Gasteiger partial charge is 0.217 e. The Kier molecular flexibility index (Phi) is 2.84. The van der Waals surface area contributed by atoms with Crippen LogP contribution in [0.4, 0.5) is 17.6 Å². The Bertz CT molecular complexity index is 658. The number of rotatable bonds is 1. The minimum atomic E-state index is -1.45. The topological polar surface area (TPSA) is 30.7 Å². The normalized spacial score (nSPS) is 21.7. The van der Waals surface area contributed by atoms with Crippen molar-refractivity contribution in [1.82, 2.24) is 14.8 Å². The summed E-state index contributed by atoms with van der Waals surface area (Å²) in [6, 6.07) is 0.383. The molecule has 1 aliphatic rings. The molecule has 0 saturated carbocycles. The van der Waals surface area contributed by atoms with Gasteiger partial charge in [-0.15, -0.1) is 5.10 Å². The van der Waals surface area contributed by atoms with Gasteiger partial charge in [0.2, 0.25) is 4.73 Å². The van der Waals surface area contributed by atoms with E-state index < -0.39 is 29.7 Å². The molecule has 1 aromatic carbocycles. The molecule has 1 aromatic heterocycles. The highest BCUT2D eigenvalue weighted by molar-refractivity contribution is 9.10. The molecule has 3 rings (SSSR count). The van der Waals surface area contributed by atoms with Gasteiger partial charge in [0.15, 0.2) is 23.6 Å². The van der Waals surface area contributed by atoms with Crippen molar-refractivity contribution in [2.45, 2.75) is 18.6 Å². The van der Waals surface area contributed by atoms with Crippen molar-refractivity contribution in [1.29, 1.82) is 0 Å². The number of halogens is 5. The second-order valence-electron chi connectivity index (χ2n) is 4.19. The zero-order valence-corrected chi connectivity index (χ0v) is 10.8. The van der Waals surface area contributed by atoms with Gasteiger partial charge < -0.3 is 0 Å². The first-order chi connectivity index (χ1) is 8.97. The van der Waals surface area contributed by atoms with Gasteiger partial charge >= 0.3 is 0 Å². The fraction of sp³-hybridized carbons (Fsp3) is 0.273. The maximum atomic E-state index is 13.7. The summed E-state index contributed by atoms with van der Waals surface area (Å²) in [6.45, 7) is 0. The maximum absolute atomic E-state index is 13.7. The van der Waals surface area contributed by atoms with Crippen LogP contribution in [0.15, 0.2) is 16.9 Å². The number of nitrogens with zero attached hydrogens (tertiary/aromatic N) is 3. The summed E-state index contributed by atoms with van der Waals surface area (Å²) < 4.78 is 55.2. The van der Waals surface area contributed by atoms with Gasteiger partial charge in [0, 0.05) is 18.1 Å². The van der Waals surface area contributed by atoms with Crippen molar-refractivity contribution < 1.29 is 17.6 Å². The molecule has 0 fully saturated rings. The largest absolute Gasteiger partial charge is 0.239 e. The molecule has 0 aliphatic carbocycles. The van der Waals surface area contributed by atoms with Crippen LogP contribution < -0.4 is 0 Å². The van der Waals surface area contributed by atoms with E-state index in [0.717, 1.165) is 10.7 Å². The summed E-state index contributed by atoms with van der Waals surface area (Å²) in [6.07, 6.45) is -1.60. The van der Waals surface area contributed by atoms with Crippen molar-refractivity contribution in [2.75, 3.05) is 0 Å². The highest BCUT2D eigenvalue weighted by Crippen LogP contribution is 2.41. The fourth-order valence-electron chi connectivity index (χ4n) is 2.23. The number of hydrogen-bond acceptors (Lipinski definition) is 2. The molecule has 2 aromatic rings. The molecule has 2 atom stereocenters. The molecule has 8 heteroatoms. The lowest BCUT2D eigenvalue weighted by molar-refractivity contribution is 0.325. The van der Waals surface area contributed by atoms with Crippen LogP contribution >= 0.6 is 15.9 Å². The van der Waals surface area contributed by atoms with Crippen LogP contribution in [0.5, 0.6) is 0 Å². The van der Waals surface area contributed by atoms with Crippen LogP contribution in [0.2, 0.25) is 0 Å². The lowest BCUT2D eigenvalue weighted by Gasteiger charge is -2.13. The molecule has 100 valence electrons. The first-order valence-corrected chi connectivity index (χ1v) is 6.17. The second kappa shape index (κ2) is 4.29. The van der Waals surface area contributed by atoms with Crippen molar-refractivity contribution in [2.24, 2.45) is 0 Å². The average molecular weight is 336 g/mol. The molecule has 0 saturated heterocycles. The van der Waals surface area contributed by atoms with Crippen molar-refractivity contribution in [3.8, 4) is 0 Å². The van der Waals surface area contributed by atoms with E-state index in [9.17, 15) is 17.6 Å². The van der Waals surface area contributed by atoms with Crippen LogP contribution in [0.1, 0.15) is 30.0 Å². The first-order valence-electron chi connectivity index (χ1n) is 5.38. The van der Waals surface area contributed by atoms with E-state index in [1.54, 1.807) is 0 Å². The highest BCUT2D eigenvalue weighted by Gasteiger charge is 2.37. The van der Waals surface area contributed by atoms with Gasteiger partial charge in [0.25, 0.3) is 0 Å². The lowest BCUT2D eigenvalue weighted by atomic mass is 10.0. The number of benzene rings is 1. The van der Waals surface area contributed by atoms with Crippen molar-refractivity contribution in [3.05, 3.63) is 45.7 Å². The minimum Gasteiger partial charge on any atom is -0.239 e. The lowest BCUT2D eigenvalue weighted by Crippen LogP contribution is -2.11. The Morgan fingerprint density at radius 3 is 2.74 bits per heavy atom. The van der Waals surface area contributed by atoms with Crippen LogP contribution in [0.25, 0.3) is 0 Å². The van der Waals surface area contributed by atoms with Gasteiger partial charge in [0.1, 0.15) is 5.82 Å². The third kappa shape index (κ3) is 1.94. The van der Waals surface area contributed by atoms with Gasteiger partial charge in [-0.2, -0.15) is 0 Å². The van der Waals surface area contributed by atoms with E-state index in [-0.39, 0.29) is 22.5 Å². The third-order valence-electron chi connectivity index (χ3n) is 3.02. The van der Waals surface area contributed by atoms with E-state index in [4.69, 9.17) is 0 Å². The van der Waals surface area contributed by atoms with E-state index in [2.05, 4.69) is 26.0 Å². The van der Waals surface area contributed by atoms with E-state index in [1.807, 2.05) is 0 Å². The zero-order chi connectivity index (χ0) is 13.7. The van der Waals surface area contributed by atoms with Gasteiger partial charge in [-0.3, -0.25) is 0 Å². The summed E-state index contributed by atoms with van der Waals surface area (Å²) >= 11 is 2.98. The number of fused-ring (bicyclic) bond motifs is 1. The zero-order valence-electron chi connectivity index (χ0n) is 9.25. The molecular weight excluding hydrogens is 330 g/mol. The van der Waals surface area contributed by atoms with Gasteiger partial charge in [-0.1, -0.05) is 0 Å². The molecule has 2 heterocycles. The third-order valence-corrected chi connectivity index (χ3v) is 3.35. The number of alkyl halides is 1. The van der Waals surface area contributed by atoms with Crippen molar-refractivity contribution >= 4 is 15.9 Å². The fourth-order valence-corrected chi connectivity index (χ4v) is 2.58. The van der Waals surface area contributed by atoms with Crippen molar-refractivity contribution in [3.63, 3.8) is 0 Å². The molecule has 1 aliphatic heterocycles. The Balaban J connectivity index is 2.14. The monoisotopic (exact) mass is 335 g/mol. The van der Waals surface area contributed by atoms with Crippen LogP contribution in [0.3, 0.4) is 0 Å². The molecule has 0 N–H and O–H groups in total. The Morgan fingerprint density at radius 2 is 2.00 bits per heavy atom. The quantitative estimate of drug-likeness (QED) is 0.590. The summed E-state index contributed by atoms with van der Waals surface area (Å²) in [5.41, 5.74) is -0.267. The Labute approximate surface area is 113 Å². The summed E-state index contributed by atoms with van der Waals surface area (Å²) in [5.74, 6) is -3.41. The Hall–Kier alpha value is -1.44. The summed E-state index contributed by atoms with van der Waals surface area (Å²) in [5, 5.41) is 3.87. The SMILES string of the molecule is Fc1cc(F)c(F)c([C@@H]2C[C@H](F)c3nc(Br)nn32)c1. The molecule has 0 bridgehead atoms. The van der Waals surface area contributed by atoms with Crippen LogP contribution in [0, 0.1) is 17.5 Å². The maximum Gasteiger partial charge on any atom is 0.217 e. The van der Waals surface area contributed by atoms with E-state index in [0.29, 0.717) is 6.07 Å². The molecular formula is C11H6BrF4N3. The highest BCUT2D eigenvalue weighted by atomic mass is 79.9. The second-order valence-corrected chi connectivity index (χ2v) is 4.90. The van der Waals surface area contributed by atoms with Gasteiger partial charge in [-0.05, 0) is 22.0 Å². The molecule has 0 unspecified atom stereocenters. The predicted octanol–water partition coefficient (Wildman–Crippen LogP) is 3.46. The minimum absolute atomic E-state index is 0.0148. The molecule has 0 radical (unpaired) electrons. The molecule has 3 nitrogen and oxygen atoms in total. The van der Waals surface area contributed by atoms with Gasteiger partial charge in [0.05, 0.1) is 6.04 Å². The Morgan fingerprint density at radius 1 is 1.26 bits per heavy atom. The van der Waals surface area contributed by atoms with E-state index >= 15 is 0 Å². The summed E-state index contributed by atoms with van der Waals surface area (Å²) in [4.78, 5) is 3.81. The van der Waals surface area contributed by atoms with Gasteiger partial charge in [-0.25, -0.2) is 27.2 Å². The first kappa shape index (κ1) is 12.6. The standard InChI is InChI=1S/C11H6BrF4N3/c12-11-17-10-7(15)3-8(19(10)18-11)5-1-4(13)2-6(14)9(5)16/h1-2,7-8H,3H2/t7-,8-/m0/s1. The molecule has 0 amide bonds. The number of aromatic nitrogens is 3.